The molecule has 0 heterocycles. The summed E-state index contributed by atoms with van der Waals surface area (Å²) in [6, 6.07) is 8.30. The summed E-state index contributed by atoms with van der Waals surface area (Å²) >= 11 is 0. The topological polar surface area (TPSA) is 74.6 Å². The molecule has 2 N–H and O–H groups in total. The van der Waals surface area contributed by atoms with Crippen molar-refractivity contribution in [2.24, 2.45) is 0 Å². The maximum atomic E-state index is 10.3. The number of hydrogen-bond acceptors (Lipinski definition) is 2. The smallest absolute Gasteiger partial charge is 1.00 e. The second kappa shape index (κ2) is 28.0. The van der Waals surface area contributed by atoms with Gasteiger partial charge in [-0.25, -0.2) is 4.79 Å². The Morgan fingerprint density at radius 1 is 0.677 bits per heavy atom. The minimum atomic E-state index is -0.879. The van der Waals surface area contributed by atoms with Crippen LogP contribution >= 0.6 is 0 Å². The molecule has 0 bridgehead atoms. The molecule has 0 amide bonds. The molecule has 0 aromatic heterocycles. The number of unbranched alkanes of at least 4 members (excludes halogenated alkanes) is 14. The Bertz CT molecular complexity index is 526. The average molecular weight is 457 g/mol. The van der Waals surface area contributed by atoms with E-state index in [1.807, 2.05) is 0 Å². The zero-order valence-electron chi connectivity index (χ0n) is 23.1. The fourth-order valence-electron chi connectivity index (χ4n) is 3.23. The van der Waals surface area contributed by atoms with Gasteiger partial charge in [-0.2, -0.15) is 0 Å². The summed E-state index contributed by atoms with van der Waals surface area (Å²) in [5.41, 5.74) is 0.331. The molecule has 0 atom stereocenters. The number of carboxylic acids is 2. The van der Waals surface area contributed by atoms with Crippen molar-refractivity contribution in [2.45, 2.75) is 110 Å². The van der Waals surface area contributed by atoms with Crippen molar-refractivity contribution in [3.8, 4) is 0 Å². The summed E-state index contributed by atoms with van der Waals surface area (Å²) in [7, 11) is 0. The molecule has 0 aliphatic rings. The number of carboxylic acid groups (broad SMARTS) is 2. The van der Waals surface area contributed by atoms with E-state index < -0.39 is 11.9 Å². The molecule has 4 nitrogen and oxygen atoms in total. The summed E-state index contributed by atoms with van der Waals surface area (Å²) in [6.07, 6.45) is 20.2. The van der Waals surface area contributed by atoms with E-state index in [4.69, 9.17) is 10.2 Å². The molecule has 172 valence electrons. The van der Waals surface area contributed by atoms with Crippen molar-refractivity contribution in [3.05, 3.63) is 35.9 Å². The predicted octanol–water partition coefficient (Wildman–Crippen LogP) is 4.68. The van der Waals surface area contributed by atoms with Crippen LogP contribution in [0, 0.1) is 0 Å². The number of hydrogen-bond donors (Lipinski definition) is 2. The molecule has 1 aromatic carbocycles. The third kappa shape index (κ3) is 27.9. The molecule has 0 unspecified atom stereocenters. The van der Waals surface area contributed by atoms with Crippen LogP contribution in [0.4, 0.5) is 0 Å². The normalized spacial score (nSPS) is 9.58. The van der Waals surface area contributed by atoms with Crippen LogP contribution in [0.15, 0.2) is 30.3 Å². The second-order valence-electron chi connectivity index (χ2n) is 7.76. The van der Waals surface area contributed by atoms with Gasteiger partial charge in [-0.15, -0.1) is 0 Å². The van der Waals surface area contributed by atoms with Gasteiger partial charge in [0.2, 0.25) is 0 Å². The molecular weight excluding hydrogens is 412 g/mol. The monoisotopic (exact) mass is 456 g/mol. The molecular formula is C25H45MgNaO4. The summed E-state index contributed by atoms with van der Waals surface area (Å²) in [6.45, 7) is 2.27. The Hall–Kier alpha value is -0.0738. The van der Waals surface area contributed by atoms with Crippen molar-refractivity contribution in [1.82, 2.24) is 0 Å². The number of rotatable bonds is 17. The van der Waals surface area contributed by atoms with E-state index in [9.17, 15) is 9.59 Å². The van der Waals surface area contributed by atoms with Gasteiger partial charge in [0.25, 0.3) is 0 Å². The molecule has 0 saturated heterocycles. The van der Waals surface area contributed by atoms with E-state index in [0.717, 1.165) is 12.8 Å². The standard InChI is InChI=1S/C18H36O2.C7H6O2.Mg.Na.3H/c1-2-3-4-5-6-7-8-9-10-11-12-13-14-15-16-17-18(19)20;8-7(9)6-4-2-1-3-5-6;;;;;/h2-17H2,1H3,(H,19,20);1-5H,(H,8,9);;;;;/q;;+2;+1;3*-1. The molecule has 31 heavy (non-hydrogen) atoms. The van der Waals surface area contributed by atoms with Crippen LogP contribution < -0.4 is 29.6 Å². The number of aliphatic carboxylic acids is 1. The molecule has 1 aromatic rings. The first kappa shape index (κ1) is 35.5. The van der Waals surface area contributed by atoms with E-state index in [-0.39, 0.29) is 56.9 Å². The van der Waals surface area contributed by atoms with Crippen LogP contribution in [0.3, 0.4) is 0 Å². The van der Waals surface area contributed by atoms with Gasteiger partial charge < -0.3 is 14.5 Å². The van der Waals surface area contributed by atoms with E-state index in [1.165, 1.54) is 83.5 Å². The molecule has 0 radical (unpaired) electrons. The van der Waals surface area contributed by atoms with Crippen molar-refractivity contribution < 1.29 is 53.6 Å². The molecule has 6 heteroatoms. The molecule has 0 aliphatic heterocycles. The molecule has 1 rings (SSSR count). The number of carbonyl (C=O) groups is 2. The number of benzene rings is 1. The van der Waals surface area contributed by atoms with Gasteiger partial charge in [0, 0.05) is 6.42 Å². The van der Waals surface area contributed by atoms with Crippen molar-refractivity contribution in [1.29, 1.82) is 0 Å². The maximum absolute atomic E-state index is 10.3. The van der Waals surface area contributed by atoms with Gasteiger partial charge in [-0.3, -0.25) is 4.79 Å². The third-order valence-corrected chi connectivity index (χ3v) is 5.01. The van der Waals surface area contributed by atoms with E-state index in [0.29, 0.717) is 12.0 Å². The fourth-order valence-corrected chi connectivity index (χ4v) is 3.23. The van der Waals surface area contributed by atoms with E-state index >= 15 is 0 Å². The molecule has 0 spiro atoms. The molecule has 0 saturated carbocycles. The van der Waals surface area contributed by atoms with Crippen LogP contribution in [0.1, 0.15) is 124 Å². The molecule has 0 aliphatic carbocycles. The Balaban J connectivity index is -0.000000120. The van der Waals surface area contributed by atoms with E-state index in [1.54, 1.807) is 30.3 Å². The summed E-state index contributed by atoms with van der Waals surface area (Å²) in [4.78, 5) is 20.5. The van der Waals surface area contributed by atoms with Gasteiger partial charge in [-0.1, -0.05) is 115 Å². The zero-order valence-corrected chi connectivity index (χ0v) is 23.5. The van der Waals surface area contributed by atoms with Gasteiger partial charge >= 0.3 is 64.5 Å². The number of aromatic carboxylic acids is 1. The van der Waals surface area contributed by atoms with Gasteiger partial charge in [0.05, 0.1) is 5.56 Å². The van der Waals surface area contributed by atoms with Crippen molar-refractivity contribution in [3.63, 3.8) is 0 Å². The summed E-state index contributed by atoms with van der Waals surface area (Å²) < 4.78 is 0. The maximum Gasteiger partial charge on any atom is 2.00 e. The fraction of sp³-hybridized carbons (Fsp3) is 0.680. The quantitative estimate of drug-likeness (QED) is 0.264. The second-order valence-corrected chi connectivity index (χ2v) is 7.76. The van der Waals surface area contributed by atoms with Crippen LogP contribution in [-0.2, 0) is 4.79 Å². The van der Waals surface area contributed by atoms with Crippen LogP contribution in [0.5, 0.6) is 0 Å². The first-order valence-electron chi connectivity index (χ1n) is 11.6. The SMILES string of the molecule is CCCCCCCCCCCCCCCCCC(=O)O.O=C(O)c1ccccc1.[H-].[H-].[H-].[Mg+2].[Na+]. The minimum Gasteiger partial charge on any atom is -1.00 e. The van der Waals surface area contributed by atoms with Crippen LogP contribution in [0.25, 0.3) is 0 Å². The summed E-state index contributed by atoms with van der Waals surface area (Å²) in [5, 5.41) is 16.9. The zero-order chi connectivity index (χ0) is 21.6. The van der Waals surface area contributed by atoms with Crippen LogP contribution in [-0.4, -0.2) is 45.2 Å². The Kier molecular flexibility index (Phi) is 32.0. The van der Waals surface area contributed by atoms with E-state index in [2.05, 4.69) is 6.92 Å². The minimum absolute atomic E-state index is 0. The Labute approximate surface area is 232 Å². The summed E-state index contributed by atoms with van der Waals surface area (Å²) in [5.74, 6) is -1.53. The largest absolute Gasteiger partial charge is 2.00 e. The first-order chi connectivity index (χ1) is 14.1. The third-order valence-electron chi connectivity index (χ3n) is 5.01. The first-order valence-corrected chi connectivity index (χ1v) is 11.6. The Morgan fingerprint density at radius 3 is 1.32 bits per heavy atom. The van der Waals surface area contributed by atoms with Gasteiger partial charge in [-0.05, 0) is 18.6 Å². The van der Waals surface area contributed by atoms with Gasteiger partial charge in [0.15, 0.2) is 0 Å². The molecule has 0 fully saturated rings. The average Bonchev–Trinajstić information content (AvgIpc) is 2.72. The van der Waals surface area contributed by atoms with Crippen molar-refractivity contribution >= 4 is 35.0 Å². The van der Waals surface area contributed by atoms with Crippen LogP contribution in [0.2, 0.25) is 0 Å². The predicted molar refractivity (Wildman–Crippen MR) is 130 cm³/mol. The van der Waals surface area contributed by atoms with Gasteiger partial charge in [0.1, 0.15) is 0 Å². The Morgan fingerprint density at radius 2 is 1.03 bits per heavy atom. The van der Waals surface area contributed by atoms with Crippen molar-refractivity contribution in [2.75, 3.05) is 0 Å².